The molecule has 7 heteroatoms. The van der Waals surface area contributed by atoms with Gasteiger partial charge in [0.1, 0.15) is 16.9 Å². The van der Waals surface area contributed by atoms with Crippen molar-refractivity contribution in [1.82, 2.24) is 4.90 Å². The predicted octanol–water partition coefficient (Wildman–Crippen LogP) is 3.67. The summed E-state index contributed by atoms with van der Waals surface area (Å²) in [5.74, 6) is 2.07. The maximum Gasteiger partial charge on any atom is 0.228 e. The Morgan fingerprint density at radius 3 is 2.44 bits per heavy atom. The van der Waals surface area contributed by atoms with Crippen molar-refractivity contribution in [2.75, 3.05) is 33.6 Å². The molecule has 1 aliphatic rings. The number of rotatable bonds is 6. The van der Waals surface area contributed by atoms with E-state index in [0.29, 0.717) is 29.4 Å². The Morgan fingerprint density at radius 2 is 1.78 bits per heavy atom. The first-order valence-electron chi connectivity index (χ1n) is 8.53. The second-order valence-electron chi connectivity index (χ2n) is 6.03. The second kappa shape index (κ2) is 8.52. The number of methoxy groups -OCH3 is 3. The number of ether oxygens (including phenoxy) is 3. The lowest BCUT2D eigenvalue weighted by atomic mass is 10.1. The highest BCUT2D eigenvalue weighted by Crippen LogP contribution is 2.46. The molecule has 2 aromatic rings. The zero-order valence-corrected chi connectivity index (χ0v) is 16.3. The van der Waals surface area contributed by atoms with Crippen molar-refractivity contribution >= 4 is 17.7 Å². The molecule has 0 aliphatic carbocycles. The van der Waals surface area contributed by atoms with Crippen LogP contribution in [0.15, 0.2) is 36.4 Å². The number of hydrogen-bond acceptors (Lipinski definition) is 5. The van der Waals surface area contributed by atoms with Gasteiger partial charge in [-0.1, -0.05) is 18.2 Å². The van der Waals surface area contributed by atoms with Crippen LogP contribution in [-0.4, -0.2) is 44.4 Å². The van der Waals surface area contributed by atoms with Gasteiger partial charge in [0, 0.05) is 23.9 Å². The number of nitrogens with zero attached hydrogens (tertiary/aromatic N) is 1. The molecule has 1 fully saturated rings. The van der Waals surface area contributed by atoms with E-state index >= 15 is 0 Å². The normalized spacial score (nSPS) is 16.3. The molecule has 1 amide bonds. The lowest BCUT2D eigenvalue weighted by Crippen LogP contribution is -2.32. The van der Waals surface area contributed by atoms with Crippen molar-refractivity contribution in [3.8, 4) is 17.2 Å². The summed E-state index contributed by atoms with van der Waals surface area (Å²) in [5, 5.41) is -0.223. The number of carbonyl (C=O) groups excluding carboxylic acids is 1. The third-order valence-electron chi connectivity index (χ3n) is 4.51. The first-order valence-corrected chi connectivity index (χ1v) is 9.58. The topological polar surface area (TPSA) is 48.0 Å². The van der Waals surface area contributed by atoms with Gasteiger partial charge in [-0.2, -0.15) is 0 Å². The van der Waals surface area contributed by atoms with Crippen LogP contribution in [0.4, 0.5) is 4.39 Å². The third kappa shape index (κ3) is 3.98. The molecule has 0 bridgehead atoms. The molecule has 0 radical (unpaired) electrons. The Balaban J connectivity index is 1.90. The smallest absolute Gasteiger partial charge is 0.228 e. The largest absolute Gasteiger partial charge is 0.496 e. The fourth-order valence-corrected chi connectivity index (χ4v) is 4.43. The Bertz CT molecular complexity index is 830. The zero-order valence-electron chi connectivity index (χ0n) is 15.5. The summed E-state index contributed by atoms with van der Waals surface area (Å²) in [6.45, 7) is 0.597. The van der Waals surface area contributed by atoms with Crippen LogP contribution < -0.4 is 14.2 Å². The van der Waals surface area contributed by atoms with Crippen LogP contribution in [0.5, 0.6) is 17.2 Å². The van der Waals surface area contributed by atoms with Gasteiger partial charge < -0.3 is 19.1 Å². The molecule has 0 N–H and O–H groups in total. The minimum absolute atomic E-state index is 0.0271. The molecular weight excluding hydrogens is 369 g/mol. The molecule has 2 aromatic carbocycles. The minimum Gasteiger partial charge on any atom is -0.496 e. The Kier molecular flexibility index (Phi) is 6.11. The summed E-state index contributed by atoms with van der Waals surface area (Å²) < 4.78 is 30.2. The predicted molar refractivity (Wildman–Crippen MR) is 103 cm³/mol. The molecule has 1 heterocycles. The van der Waals surface area contributed by atoms with Gasteiger partial charge in [-0.05, 0) is 17.7 Å². The molecule has 144 valence electrons. The number of halogens is 1. The Morgan fingerprint density at radius 1 is 1.11 bits per heavy atom. The summed E-state index contributed by atoms with van der Waals surface area (Å²) in [7, 11) is 4.71. The van der Waals surface area contributed by atoms with Crippen LogP contribution in [0.1, 0.15) is 16.5 Å². The molecule has 1 unspecified atom stereocenters. The van der Waals surface area contributed by atoms with Gasteiger partial charge in [0.15, 0.2) is 11.5 Å². The number of amides is 1. The van der Waals surface area contributed by atoms with Crippen molar-refractivity contribution in [3.05, 3.63) is 53.3 Å². The van der Waals surface area contributed by atoms with Crippen LogP contribution in [0.2, 0.25) is 0 Å². The molecule has 1 atom stereocenters. The zero-order chi connectivity index (χ0) is 19.4. The maximum absolute atomic E-state index is 13.9. The first-order chi connectivity index (χ1) is 13.1. The summed E-state index contributed by atoms with van der Waals surface area (Å²) in [5.41, 5.74) is 1.23. The molecular formula is C20H22FNO4S. The molecule has 5 nitrogen and oxygen atoms in total. The molecule has 27 heavy (non-hydrogen) atoms. The molecule has 0 spiro atoms. The monoisotopic (exact) mass is 391 g/mol. The van der Waals surface area contributed by atoms with Gasteiger partial charge >= 0.3 is 0 Å². The maximum atomic E-state index is 13.9. The van der Waals surface area contributed by atoms with E-state index in [1.165, 1.54) is 6.07 Å². The SMILES string of the molecule is COc1cc(OC)c(C2SCCN2C(=O)Cc2ccccc2F)cc1OC. The van der Waals surface area contributed by atoms with Crippen molar-refractivity contribution < 1.29 is 23.4 Å². The van der Waals surface area contributed by atoms with E-state index in [4.69, 9.17) is 14.2 Å². The van der Waals surface area contributed by atoms with E-state index in [-0.39, 0.29) is 23.5 Å². The lowest BCUT2D eigenvalue weighted by molar-refractivity contribution is -0.130. The van der Waals surface area contributed by atoms with Crippen molar-refractivity contribution in [1.29, 1.82) is 0 Å². The number of hydrogen-bond donors (Lipinski definition) is 0. The van der Waals surface area contributed by atoms with E-state index in [1.54, 1.807) is 62.3 Å². The van der Waals surface area contributed by atoms with Crippen LogP contribution in [0.3, 0.4) is 0 Å². The van der Waals surface area contributed by atoms with Gasteiger partial charge in [-0.15, -0.1) is 11.8 Å². The lowest BCUT2D eigenvalue weighted by Gasteiger charge is -2.26. The van der Waals surface area contributed by atoms with Crippen molar-refractivity contribution in [2.45, 2.75) is 11.8 Å². The van der Waals surface area contributed by atoms with Gasteiger partial charge in [-0.25, -0.2) is 4.39 Å². The summed E-state index contributed by atoms with van der Waals surface area (Å²) >= 11 is 1.64. The number of thioether (sulfide) groups is 1. The molecule has 3 rings (SSSR count). The molecule has 0 saturated carbocycles. The highest BCUT2D eigenvalue weighted by Gasteiger charge is 2.33. The fraction of sp³-hybridized carbons (Fsp3) is 0.350. The highest BCUT2D eigenvalue weighted by atomic mass is 32.2. The number of benzene rings is 2. The third-order valence-corrected chi connectivity index (χ3v) is 5.76. The average molecular weight is 391 g/mol. The van der Waals surface area contributed by atoms with Crippen molar-refractivity contribution in [3.63, 3.8) is 0 Å². The highest BCUT2D eigenvalue weighted by molar-refractivity contribution is 7.99. The van der Waals surface area contributed by atoms with Crippen LogP contribution >= 0.6 is 11.8 Å². The minimum atomic E-state index is -0.363. The standard InChI is InChI=1S/C20H22FNO4S/c1-24-16-12-18(26-3)17(25-2)11-14(16)20-22(8-9-27-20)19(23)10-13-6-4-5-7-15(13)21/h4-7,11-12,20H,8-10H2,1-3H3. The van der Waals surface area contributed by atoms with Crippen LogP contribution in [0.25, 0.3) is 0 Å². The van der Waals surface area contributed by atoms with Crippen molar-refractivity contribution in [2.24, 2.45) is 0 Å². The average Bonchev–Trinajstić information content (AvgIpc) is 3.18. The Hall–Kier alpha value is -2.41. The quantitative estimate of drug-likeness (QED) is 0.752. The van der Waals surface area contributed by atoms with Gasteiger partial charge in [0.2, 0.25) is 5.91 Å². The number of carbonyl (C=O) groups is 1. The summed E-state index contributed by atoms with van der Waals surface area (Å²) in [6, 6.07) is 9.96. The van der Waals surface area contributed by atoms with Crippen LogP contribution in [-0.2, 0) is 11.2 Å². The van der Waals surface area contributed by atoms with Gasteiger partial charge in [0.25, 0.3) is 0 Å². The summed E-state index contributed by atoms with van der Waals surface area (Å²) in [6.07, 6.45) is 0.0271. The summed E-state index contributed by atoms with van der Waals surface area (Å²) in [4.78, 5) is 14.6. The Labute approximate surface area is 162 Å². The van der Waals surface area contributed by atoms with E-state index in [9.17, 15) is 9.18 Å². The van der Waals surface area contributed by atoms with E-state index in [2.05, 4.69) is 0 Å². The molecule has 0 aromatic heterocycles. The van der Waals surface area contributed by atoms with Gasteiger partial charge in [0.05, 0.1) is 27.8 Å². The molecule has 1 aliphatic heterocycles. The second-order valence-corrected chi connectivity index (χ2v) is 7.22. The van der Waals surface area contributed by atoms with E-state index < -0.39 is 0 Å². The fourth-order valence-electron chi connectivity index (χ4n) is 3.14. The van der Waals surface area contributed by atoms with Crippen LogP contribution in [0, 0.1) is 5.82 Å². The van der Waals surface area contributed by atoms with E-state index in [1.807, 2.05) is 6.07 Å². The van der Waals surface area contributed by atoms with E-state index in [0.717, 1.165) is 11.3 Å². The molecule has 1 saturated heterocycles. The first kappa shape index (κ1) is 19.4. The van der Waals surface area contributed by atoms with Gasteiger partial charge in [-0.3, -0.25) is 4.79 Å².